The zero-order valence-corrected chi connectivity index (χ0v) is 11.9. The first-order valence-corrected chi connectivity index (χ1v) is 7.88. The maximum atomic E-state index is 11.3. The highest BCUT2D eigenvalue weighted by atomic mass is 79.9. The van der Waals surface area contributed by atoms with Crippen molar-refractivity contribution in [2.24, 2.45) is 11.8 Å². The SMILES string of the molecule is CCS(=O)(=O)CCC(C(C)C)C(C)Br. The van der Waals surface area contributed by atoms with Crippen molar-refractivity contribution >= 4 is 25.8 Å². The van der Waals surface area contributed by atoms with Crippen LogP contribution in [0.1, 0.15) is 34.1 Å². The molecule has 0 aliphatic rings. The fourth-order valence-corrected chi connectivity index (χ4v) is 3.35. The van der Waals surface area contributed by atoms with Gasteiger partial charge in [0.25, 0.3) is 0 Å². The van der Waals surface area contributed by atoms with Crippen LogP contribution in [0, 0.1) is 11.8 Å². The minimum absolute atomic E-state index is 0.258. The molecule has 2 nitrogen and oxygen atoms in total. The summed E-state index contributed by atoms with van der Waals surface area (Å²) in [5, 5.41) is 0. The molecule has 0 radical (unpaired) electrons. The van der Waals surface area contributed by atoms with Gasteiger partial charge in [-0.1, -0.05) is 43.6 Å². The van der Waals surface area contributed by atoms with E-state index in [-0.39, 0.29) is 5.75 Å². The molecule has 2 atom stereocenters. The third kappa shape index (κ3) is 5.35. The highest BCUT2D eigenvalue weighted by Crippen LogP contribution is 2.25. The van der Waals surface area contributed by atoms with E-state index >= 15 is 0 Å². The Kier molecular flexibility index (Phi) is 6.30. The average Bonchev–Trinajstić information content (AvgIpc) is 2.03. The largest absolute Gasteiger partial charge is 0.229 e. The lowest BCUT2D eigenvalue weighted by atomic mass is 9.91. The maximum absolute atomic E-state index is 11.3. The number of halogens is 1. The van der Waals surface area contributed by atoms with Gasteiger partial charge in [0, 0.05) is 10.6 Å². The first-order chi connectivity index (χ1) is 6.30. The molecule has 0 amide bonds. The number of hydrogen-bond acceptors (Lipinski definition) is 2. The fraction of sp³-hybridized carbons (Fsp3) is 1.00. The Morgan fingerprint density at radius 3 is 2.00 bits per heavy atom. The zero-order chi connectivity index (χ0) is 11.4. The highest BCUT2D eigenvalue weighted by Gasteiger charge is 2.21. The van der Waals surface area contributed by atoms with Gasteiger partial charge in [0.05, 0.1) is 5.75 Å². The first kappa shape index (κ1) is 14.4. The van der Waals surface area contributed by atoms with Gasteiger partial charge in [-0.2, -0.15) is 0 Å². The summed E-state index contributed by atoms with van der Waals surface area (Å²) >= 11 is 3.54. The predicted octanol–water partition coefficient (Wildman–Crippen LogP) is 2.87. The summed E-state index contributed by atoms with van der Waals surface area (Å²) in [6, 6.07) is 0. The molecule has 0 saturated heterocycles. The summed E-state index contributed by atoms with van der Waals surface area (Å²) in [7, 11) is -2.80. The van der Waals surface area contributed by atoms with Gasteiger partial charge in [-0.15, -0.1) is 0 Å². The molecule has 0 fully saturated rings. The van der Waals surface area contributed by atoms with Crippen molar-refractivity contribution < 1.29 is 8.42 Å². The lowest BCUT2D eigenvalue weighted by Gasteiger charge is -2.23. The minimum Gasteiger partial charge on any atom is -0.229 e. The smallest absolute Gasteiger partial charge is 0.150 e. The van der Waals surface area contributed by atoms with Gasteiger partial charge in [-0.25, -0.2) is 8.42 Å². The van der Waals surface area contributed by atoms with E-state index in [0.717, 1.165) is 6.42 Å². The van der Waals surface area contributed by atoms with E-state index in [1.54, 1.807) is 6.92 Å². The molecular formula is C10H21BrO2S. The third-order valence-corrected chi connectivity index (χ3v) is 5.06. The van der Waals surface area contributed by atoms with Gasteiger partial charge < -0.3 is 0 Å². The van der Waals surface area contributed by atoms with Crippen LogP contribution in [0.4, 0.5) is 0 Å². The zero-order valence-electron chi connectivity index (χ0n) is 9.46. The monoisotopic (exact) mass is 284 g/mol. The van der Waals surface area contributed by atoms with E-state index in [1.165, 1.54) is 0 Å². The molecule has 0 heterocycles. The second kappa shape index (κ2) is 6.11. The van der Waals surface area contributed by atoms with Crippen molar-refractivity contribution in [3.8, 4) is 0 Å². The number of alkyl halides is 1. The van der Waals surface area contributed by atoms with Gasteiger partial charge in [0.1, 0.15) is 9.84 Å². The Morgan fingerprint density at radius 1 is 1.21 bits per heavy atom. The Labute approximate surface area is 96.5 Å². The van der Waals surface area contributed by atoms with Crippen molar-refractivity contribution in [3.05, 3.63) is 0 Å². The summed E-state index contributed by atoms with van der Waals surface area (Å²) in [5.74, 6) is 1.55. The van der Waals surface area contributed by atoms with Crippen LogP contribution in [0.25, 0.3) is 0 Å². The quantitative estimate of drug-likeness (QED) is 0.703. The van der Waals surface area contributed by atoms with Gasteiger partial charge in [0.2, 0.25) is 0 Å². The molecule has 0 aromatic carbocycles. The maximum Gasteiger partial charge on any atom is 0.150 e. The van der Waals surface area contributed by atoms with Crippen molar-refractivity contribution in [1.82, 2.24) is 0 Å². The molecule has 0 aromatic rings. The van der Waals surface area contributed by atoms with Gasteiger partial charge in [-0.05, 0) is 18.3 Å². The summed E-state index contributed by atoms with van der Waals surface area (Å²) in [4.78, 5) is 0.384. The second-order valence-electron chi connectivity index (χ2n) is 4.11. The molecule has 0 aromatic heterocycles. The van der Waals surface area contributed by atoms with Gasteiger partial charge >= 0.3 is 0 Å². The van der Waals surface area contributed by atoms with Crippen LogP contribution in [0.2, 0.25) is 0 Å². The van der Waals surface area contributed by atoms with Gasteiger partial charge in [-0.3, -0.25) is 0 Å². The number of sulfone groups is 1. The lowest BCUT2D eigenvalue weighted by Crippen LogP contribution is -2.22. The molecule has 0 aliphatic carbocycles. The molecule has 0 aliphatic heterocycles. The molecule has 4 heteroatoms. The second-order valence-corrected chi connectivity index (χ2v) is 8.03. The Hall–Kier alpha value is 0.430. The molecule has 0 N–H and O–H groups in total. The lowest BCUT2D eigenvalue weighted by molar-refractivity contribution is 0.375. The summed E-state index contributed by atoms with van der Waals surface area (Å²) in [5.41, 5.74) is 0. The Morgan fingerprint density at radius 2 is 1.71 bits per heavy atom. The summed E-state index contributed by atoms with van der Waals surface area (Å²) in [6.45, 7) is 8.07. The van der Waals surface area contributed by atoms with Crippen LogP contribution < -0.4 is 0 Å². The van der Waals surface area contributed by atoms with E-state index in [2.05, 4.69) is 36.7 Å². The summed E-state index contributed by atoms with van der Waals surface area (Å²) in [6.07, 6.45) is 0.764. The van der Waals surface area contributed by atoms with Crippen LogP contribution in [0.5, 0.6) is 0 Å². The molecule has 0 saturated carbocycles. The van der Waals surface area contributed by atoms with Crippen LogP contribution in [-0.4, -0.2) is 24.8 Å². The van der Waals surface area contributed by atoms with E-state index in [9.17, 15) is 8.42 Å². The van der Waals surface area contributed by atoms with Crippen molar-refractivity contribution in [3.63, 3.8) is 0 Å². The van der Waals surface area contributed by atoms with E-state index in [0.29, 0.717) is 22.4 Å². The molecule has 86 valence electrons. The van der Waals surface area contributed by atoms with Crippen LogP contribution in [0.3, 0.4) is 0 Å². The van der Waals surface area contributed by atoms with Crippen LogP contribution >= 0.6 is 15.9 Å². The Balaban J connectivity index is 4.21. The standard InChI is InChI=1S/C10H21BrO2S/c1-5-14(12,13)7-6-10(8(2)3)9(4)11/h8-10H,5-7H2,1-4H3. The highest BCUT2D eigenvalue weighted by molar-refractivity contribution is 9.09. The molecule has 0 rings (SSSR count). The van der Waals surface area contributed by atoms with Crippen LogP contribution in [0.15, 0.2) is 0 Å². The first-order valence-electron chi connectivity index (χ1n) is 5.14. The topological polar surface area (TPSA) is 34.1 Å². The van der Waals surface area contributed by atoms with E-state index in [1.807, 2.05) is 0 Å². The molecular weight excluding hydrogens is 264 g/mol. The van der Waals surface area contributed by atoms with Gasteiger partial charge in [0.15, 0.2) is 0 Å². The number of rotatable bonds is 6. The van der Waals surface area contributed by atoms with Crippen LogP contribution in [-0.2, 0) is 9.84 Å². The van der Waals surface area contributed by atoms with Crippen molar-refractivity contribution in [2.45, 2.75) is 38.9 Å². The third-order valence-electron chi connectivity index (χ3n) is 2.65. The normalized spacial score (nSPS) is 17.0. The molecule has 2 unspecified atom stereocenters. The predicted molar refractivity (Wildman–Crippen MR) is 65.7 cm³/mol. The van der Waals surface area contributed by atoms with Crippen molar-refractivity contribution in [2.75, 3.05) is 11.5 Å². The molecule has 0 bridgehead atoms. The number of hydrogen-bond donors (Lipinski definition) is 0. The fourth-order valence-electron chi connectivity index (χ4n) is 1.55. The summed E-state index contributed by atoms with van der Waals surface area (Å²) < 4.78 is 22.7. The minimum atomic E-state index is -2.80. The van der Waals surface area contributed by atoms with E-state index < -0.39 is 9.84 Å². The average molecular weight is 285 g/mol. The Bertz CT molecular complexity index is 237. The van der Waals surface area contributed by atoms with E-state index in [4.69, 9.17) is 0 Å². The molecule has 0 spiro atoms. The molecule has 14 heavy (non-hydrogen) atoms. The van der Waals surface area contributed by atoms with Crippen molar-refractivity contribution in [1.29, 1.82) is 0 Å².